The fourth-order valence-electron chi connectivity index (χ4n) is 3.11. The van der Waals surface area contributed by atoms with Crippen molar-refractivity contribution in [1.82, 2.24) is 4.90 Å². The number of rotatable bonds is 2. The molecule has 0 amide bonds. The molecule has 1 heterocycles. The van der Waals surface area contributed by atoms with Gasteiger partial charge in [0.05, 0.1) is 0 Å². The van der Waals surface area contributed by atoms with Gasteiger partial charge in [0.15, 0.2) is 0 Å². The fourth-order valence-corrected chi connectivity index (χ4v) is 3.11. The summed E-state index contributed by atoms with van der Waals surface area (Å²) in [5.74, 6) is 0.894. The van der Waals surface area contributed by atoms with E-state index in [0.29, 0.717) is 0 Å². The Bertz CT molecular complexity index is 161. The first-order valence-corrected chi connectivity index (χ1v) is 6.43. The molecule has 81 valence electrons. The van der Waals surface area contributed by atoms with E-state index in [1.807, 2.05) is 0 Å². The van der Waals surface area contributed by atoms with Crippen LogP contribution in [-0.2, 0) is 0 Å². The van der Waals surface area contributed by atoms with Crippen LogP contribution < -0.4 is 0 Å². The minimum Gasteiger partial charge on any atom is -0.300 e. The van der Waals surface area contributed by atoms with Crippen LogP contribution in [0.4, 0.5) is 0 Å². The van der Waals surface area contributed by atoms with Crippen molar-refractivity contribution in [3.8, 4) is 0 Å². The summed E-state index contributed by atoms with van der Waals surface area (Å²) in [6.07, 6.45) is 11.3. The van der Waals surface area contributed by atoms with Gasteiger partial charge >= 0.3 is 0 Å². The van der Waals surface area contributed by atoms with E-state index in [2.05, 4.69) is 11.8 Å². The van der Waals surface area contributed by atoms with Gasteiger partial charge < -0.3 is 4.90 Å². The molecular formula is C13H24N. The second-order valence-corrected chi connectivity index (χ2v) is 5.08. The monoisotopic (exact) mass is 194 g/mol. The van der Waals surface area contributed by atoms with E-state index in [-0.39, 0.29) is 0 Å². The van der Waals surface area contributed by atoms with Crippen LogP contribution in [0.2, 0.25) is 0 Å². The van der Waals surface area contributed by atoms with Crippen LogP contribution in [0.5, 0.6) is 0 Å². The van der Waals surface area contributed by atoms with Gasteiger partial charge in [-0.25, -0.2) is 0 Å². The van der Waals surface area contributed by atoms with E-state index >= 15 is 0 Å². The Hall–Kier alpha value is -0.0400. The smallest absolute Gasteiger partial charge is 0.00953 e. The molecule has 0 aromatic carbocycles. The van der Waals surface area contributed by atoms with E-state index in [1.165, 1.54) is 58.0 Å². The van der Waals surface area contributed by atoms with Gasteiger partial charge in [0.25, 0.3) is 0 Å². The zero-order chi connectivity index (χ0) is 9.80. The SMILES string of the molecule is [CH2]CC1CCCN(C2CCCCC2)C1. The molecule has 0 N–H and O–H groups in total. The number of likely N-dealkylation sites (tertiary alicyclic amines) is 1. The van der Waals surface area contributed by atoms with Crippen LogP contribution in [0, 0.1) is 12.8 Å². The third-order valence-corrected chi connectivity index (χ3v) is 4.05. The topological polar surface area (TPSA) is 3.24 Å². The minimum absolute atomic E-state index is 0.894. The van der Waals surface area contributed by atoms with Gasteiger partial charge in [-0.15, -0.1) is 0 Å². The van der Waals surface area contributed by atoms with Crippen molar-refractivity contribution < 1.29 is 0 Å². The molecule has 2 rings (SSSR count). The van der Waals surface area contributed by atoms with E-state index < -0.39 is 0 Å². The molecule has 1 unspecified atom stereocenters. The first-order chi connectivity index (χ1) is 6.90. The zero-order valence-corrected chi connectivity index (χ0v) is 9.38. The largest absolute Gasteiger partial charge is 0.300 e. The van der Waals surface area contributed by atoms with Crippen molar-refractivity contribution in [3.05, 3.63) is 6.92 Å². The quantitative estimate of drug-likeness (QED) is 0.652. The fraction of sp³-hybridized carbons (Fsp3) is 0.923. The Morgan fingerprint density at radius 3 is 2.50 bits per heavy atom. The van der Waals surface area contributed by atoms with E-state index in [0.717, 1.165) is 18.4 Å². The van der Waals surface area contributed by atoms with Crippen molar-refractivity contribution in [2.45, 2.75) is 57.4 Å². The van der Waals surface area contributed by atoms with Crippen LogP contribution in [0.3, 0.4) is 0 Å². The van der Waals surface area contributed by atoms with Crippen molar-refractivity contribution in [1.29, 1.82) is 0 Å². The van der Waals surface area contributed by atoms with Crippen LogP contribution in [0.1, 0.15) is 51.4 Å². The highest BCUT2D eigenvalue weighted by Crippen LogP contribution is 2.27. The molecule has 1 radical (unpaired) electrons. The minimum atomic E-state index is 0.894. The maximum Gasteiger partial charge on any atom is 0.00953 e. The summed E-state index contributed by atoms with van der Waals surface area (Å²) in [6.45, 7) is 6.77. The maximum atomic E-state index is 4.06. The molecule has 1 saturated carbocycles. The zero-order valence-electron chi connectivity index (χ0n) is 9.38. The van der Waals surface area contributed by atoms with Gasteiger partial charge in [-0.3, -0.25) is 0 Å². The average molecular weight is 194 g/mol. The van der Waals surface area contributed by atoms with Crippen LogP contribution in [0.15, 0.2) is 0 Å². The van der Waals surface area contributed by atoms with Gasteiger partial charge in [0.2, 0.25) is 0 Å². The Morgan fingerprint density at radius 2 is 1.79 bits per heavy atom. The first-order valence-electron chi connectivity index (χ1n) is 6.43. The third kappa shape index (κ3) is 2.50. The molecular weight excluding hydrogens is 170 g/mol. The van der Waals surface area contributed by atoms with Crippen molar-refractivity contribution in [2.75, 3.05) is 13.1 Å². The summed E-state index contributed by atoms with van der Waals surface area (Å²) in [5.41, 5.74) is 0. The molecule has 1 atom stereocenters. The van der Waals surface area contributed by atoms with E-state index in [4.69, 9.17) is 0 Å². The molecule has 0 aromatic heterocycles. The normalized spacial score (nSPS) is 31.9. The van der Waals surface area contributed by atoms with E-state index in [1.54, 1.807) is 0 Å². The highest BCUT2D eigenvalue weighted by atomic mass is 15.2. The Labute approximate surface area is 88.9 Å². The number of piperidine rings is 1. The summed E-state index contributed by atoms with van der Waals surface area (Å²) < 4.78 is 0. The molecule has 0 bridgehead atoms. The lowest BCUT2D eigenvalue weighted by atomic mass is 9.89. The summed E-state index contributed by atoms with van der Waals surface area (Å²) >= 11 is 0. The Morgan fingerprint density at radius 1 is 1.00 bits per heavy atom. The summed E-state index contributed by atoms with van der Waals surface area (Å²) in [5, 5.41) is 0. The predicted molar refractivity (Wildman–Crippen MR) is 61.1 cm³/mol. The number of nitrogens with zero attached hydrogens (tertiary/aromatic N) is 1. The predicted octanol–water partition coefficient (Wildman–Crippen LogP) is 3.26. The van der Waals surface area contributed by atoms with Crippen LogP contribution in [0.25, 0.3) is 0 Å². The van der Waals surface area contributed by atoms with Crippen LogP contribution >= 0.6 is 0 Å². The molecule has 1 heteroatoms. The number of hydrogen-bond acceptors (Lipinski definition) is 1. The van der Waals surface area contributed by atoms with Gasteiger partial charge in [-0.05, 0) is 44.6 Å². The summed E-state index contributed by atoms with van der Waals surface area (Å²) in [6, 6.07) is 0.929. The maximum absolute atomic E-state index is 4.06. The molecule has 1 aliphatic carbocycles. The lowest BCUT2D eigenvalue weighted by Gasteiger charge is -2.39. The van der Waals surface area contributed by atoms with Gasteiger partial charge in [-0.1, -0.05) is 26.2 Å². The van der Waals surface area contributed by atoms with Gasteiger partial charge in [0.1, 0.15) is 0 Å². The molecule has 2 fully saturated rings. The summed E-state index contributed by atoms with van der Waals surface area (Å²) in [4.78, 5) is 2.76. The van der Waals surface area contributed by atoms with Crippen molar-refractivity contribution >= 4 is 0 Å². The first kappa shape index (κ1) is 10.5. The van der Waals surface area contributed by atoms with Gasteiger partial charge in [0, 0.05) is 12.6 Å². The van der Waals surface area contributed by atoms with Crippen molar-refractivity contribution in [3.63, 3.8) is 0 Å². The Kier molecular flexibility index (Phi) is 3.86. The standard InChI is InChI=1S/C13H24N/c1-2-12-7-6-10-14(11-12)13-8-4-3-5-9-13/h12-13H,1-11H2. The molecule has 1 nitrogen and oxygen atoms in total. The molecule has 2 aliphatic rings. The molecule has 1 aliphatic heterocycles. The second kappa shape index (κ2) is 5.16. The number of hydrogen-bond donors (Lipinski definition) is 0. The lowest BCUT2D eigenvalue weighted by molar-refractivity contribution is 0.0991. The average Bonchev–Trinajstić information content (AvgIpc) is 2.30. The highest BCUT2D eigenvalue weighted by Gasteiger charge is 2.25. The highest BCUT2D eigenvalue weighted by molar-refractivity contribution is 4.81. The van der Waals surface area contributed by atoms with Crippen molar-refractivity contribution in [2.24, 2.45) is 5.92 Å². The molecule has 0 spiro atoms. The third-order valence-electron chi connectivity index (χ3n) is 4.05. The van der Waals surface area contributed by atoms with Crippen LogP contribution in [-0.4, -0.2) is 24.0 Å². The second-order valence-electron chi connectivity index (χ2n) is 5.08. The molecule has 1 saturated heterocycles. The van der Waals surface area contributed by atoms with Gasteiger partial charge in [-0.2, -0.15) is 0 Å². The lowest BCUT2D eigenvalue weighted by Crippen LogP contribution is -2.43. The summed E-state index contributed by atoms with van der Waals surface area (Å²) in [7, 11) is 0. The molecule has 14 heavy (non-hydrogen) atoms. The molecule has 0 aromatic rings. The van der Waals surface area contributed by atoms with E-state index in [9.17, 15) is 0 Å². The Balaban J connectivity index is 1.83.